The minimum Gasteiger partial charge on any atom is -0.320 e. The molecule has 0 radical (unpaired) electrons. The lowest BCUT2D eigenvalue weighted by atomic mass is 10.2. The van der Waals surface area contributed by atoms with Crippen LogP contribution in [0.4, 0.5) is 27.6 Å². The van der Waals surface area contributed by atoms with Gasteiger partial charge in [-0.25, -0.2) is 8.78 Å². The van der Waals surface area contributed by atoms with Crippen LogP contribution < -0.4 is 10.9 Å². The Labute approximate surface area is 136 Å². The average Bonchev–Trinajstić information content (AvgIpc) is 2.46. The standard InChI is InChI=1S/C14H8ClF5N2O2/c15-8-4-7(14(18,19)20)5-22(13(8)24)6-11(23)21-12-9(16)2-1-3-10(12)17/h1-5H,6H2,(H,21,23). The molecule has 2 aromatic rings. The highest BCUT2D eigenvalue weighted by Crippen LogP contribution is 2.29. The molecule has 1 aromatic carbocycles. The Bertz CT molecular complexity index is 828. The molecule has 10 heteroatoms. The van der Waals surface area contributed by atoms with Crippen molar-refractivity contribution in [3.05, 3.63) is 63.0 Å². The zero-order chi connectivity index (χ0) is 18.1. The Balaban J connectivity index is 2.29. The number of anilines is 1. The molecule has 0 aliphatic rings. The van der Waals surface area contributed by atoms with Crippen molar-refractivity contribution in [1.82, 2.24) is 4.57 Å². The van der Waals surface area contributed by atoms with E-state index in [-0.39, 0.29) is 0 Å². The van der Waals surface area contributed by atoms with E-state index in [1.54, 1.807) is 0 Å². The molecular weight excluding hydrogens is 359 g/mol. The fourth-order valence-electron chi connectivity index (χ4n) is 1.82. The van der Waals surface area contributed by atoms with Crippen molar-refractivity contribution in [2.24, 2.45) is 0 Å². The number of rotatable bonds is 3. The number of nitrogens with one attached hydrogen (secondary N) is 1. The van der Waals surface area contributed by atoms with Gasteiger partial charge in [0.15, 0.2) is 0 Å². The molecule has 1 aromatic heterocycles. The molecule has 1 N–H and O–H groups in total. The molecule has 1 heterocycles. The number of amides is 1. The van der Waals surface area contributed by atoms with Gasteiger partial charge < -0.3 is 9.88 Å². The van der Waals surface area contributed by atoms with E-state index in [1.807, 2.05) is 5.32 Å². The van der Waals surface area contributed by atoms with Gasteiger partial charge >= 0.3 is 6.18 Å². The molecule has 0 aliphatic heterocycles. The van der Waals surface area contributed by atoms with Crippen molar-refractivity contribution in [3.8, 4) is 0 Å². The normalized spacial score (nSPS) is 11.4. The topological polar surface area (TPSA) is 51.1 Å². The molecule has 2 rings (SSSR count). The van der Waals surface area contributed by atoms with Crippen LogP contribution in [0.2, 0.25) is 5.02 Å². The van der Waals surface area contributed by atoms with Gasteiger partial charge in [-0.15, -0.1) is 0 Å². The van der Waals surface area contributed by atoms with E-state index in [0.717, 1.165) is 18.2 Å². The summed E-state index contributed by atoms with van der Waals surface area (Å²) in [6, 6.07) is 3.25. The summed E-state index contributed by atoms with van der Waals surface area (Å²) >= 11 is 5.43. The molecule has 128 valence electrons. The minimum absolute atomic E-state index is 0.394. The summed E-state index contributed by atoms with van der Waals surface area (Å²) < 4.78 is 65.3. The summed E-state index contributed by atoms with van der Waals surface area (Å²) in [4.78, 5) is 23.5. The van der Waals surface area contributed by atoms with Crippen molar-refractivity contribution in [1.29, 1.82) is 0 Å². The van der Waals surface area contributed by atoms with Crippen molar-refractivity contribution in [2.75, 3.05) is 5.32 Å². The molecule has 24 heavy (non-hydrogen) atoms. The summed E-state index contributed by atoms with van der Waals surface area (Å²) in [6.07, 6.45) is -4.39. The lowest BCUT2D eigenvalue weighted by Crippen LogP contribution is -2.29. The SMILES string of the molecule is O=C(Cn1cc(C(F)(F)F)cc(Cl)c1=O)Nc1c(F)cccc1F. The van der Waals surface area contributed by atoms with Crippen molar-refractivity contribution < 1.29 is 26.7 Å². The Kier molecular flexibility index (Phi) is 4.93. The van der Waals surface area contributed by atoms with Crippen molar-refractivity contribution in [2.45, 2.75) is 12.7 Å². The predicted octanol–water partition coefficient (Wildman–Crippen LogP) is 3.44. The third-order valence-corrected chi connectivity index (χ3v) is 3.18. The Morgan fingerprint density at radius 3 is 2.33 bits per heavy atom. The number of nitrogens with zero attached hydrogens (tertiary/aromatic N) is 1. The van der Waals surface area contributed by atoms with Crippen LogP contribution in [-0.2, 0) is 17.5 Å². The van der Waals surface area contributed by atoms with Crippen LogP contribution in [0.1, 0.15) is 5.56 Å². The fourth-order valence-corrected chi connectivity index (χ4v) is 2.05. The van der Waals surface area contributed by atoms with Crippen LogP contribution in [0.5, 0.6) is 0 Å². The quantitative estimate of drug-likeness (QED) is 0.846. The number of halogens is 6. The number of carbonyl (C=O) groups is 1. The maximum absolute atomic E-state index is 13.4. The molecule has 0 bridgehead atoms. The van der Waals surface area contributed by atoms with E-state index in [2.05, 4.69) is 0 Å². The highest BCUT2D eigenvalue weighted by atomic mass is 35.5. The van der Waals surface area contributed by atoms with Crippen LogP contribution in [-0.4, -0.2) is 10.5 Å². The summed E-state index contributed by atoms with van der Waals surface area (Å²) in [5, 5.41) is 1.12. The summed E-state index contributed by atoms with van der Waals surface area (Å²) in [5.74, 6) is -3.24. The van der Waals surface area contributed by atoms with Crippen LogP contribution in [0.3, 0.4) is 0 Å². The second-order valence-corrected chi connectivity index (χ2v) is 5.06. The van der Waals surface area contributed by atoms with Gasteiger partial charge in [0.25, 0.3) is 5.56 Å². The van der Waals surface area contributed by atoms with Gasteiger partial charge in [0.05, 0.1) is 5.56 Å². The Hall–Kier alpha value is -2.42. The number of hydrogen-bond acceptors (Lipinski definition) is 2. The molecule has 4 nitrogen and oxygen atoms in total. The maximum atomic E-state index is 13.4. The van der Waals surface area contributed by atoms with E-state index >= 15 is 0 Å². The Morgan fingerprint density at radius 1 is 1.21 bits per heavy atom. The first-order valence-corrected chi connectivity index (χ1v) is 6.68. The second kappa shape index (κ2) is 6.60. The zero-order valence-electron chi connectivity index (χ0n) is 11.6. The van der Waals surface area contributed by atoms with E-state index < -0.39 is 52.1 Å². The third kappa shape index (κ3) is 3.91. The average molecular weight is 367 g/mol. The zero-order valence-corrected chi connectivity index (χ0v) is 12.4. The number of para-hydroxylation sites is 1. The van der Waals surface area contributed by atoms with Gasteiger partial charge in [0.1, 0.15) is 28.9 Å². The number of benzene rings is 1. The van der Waals surface area contributed by atoms with Gasteiger partial charge in [-0.2, -0.15) is 13.2 Å². The number of carbonyl (C=O) groups excluding carboxylic acids is 1. The number of hydrogen-bond donors (Lipinski definition) is 1. The largest absolute Gasteiger partial charge is 0.417 e. The molecule has 0 saturated carbocycles. The second-order valence-electron chi connectivity index (χ2n) is 4.65. The van der Waals surface area contributed by atoms with Crippen molar-refractivity contribution >= 4 is 23.2 Å². The summed E-state index contributed by atoms with van der Waals surface area (Å²) in [7, 11) is 0. The van der Waals surface area contributed by atoms with Crippen LogP contribution in [0, 0.1) is 11.6 Å². The molecule has 0 saturated heterocycles. The summed E-state index contributed by atoms with van der Waals surface area (Å²) in [5.41, 5.74) is -3.06. The lowest BCUT2D eigenvalue weighted by molar-refractivity contribution is -0.138. The predicted molar refractivity (Wildman–Crippen MR) is 75.7 cm³/mol. The molecular formula is C14H8ClF5N2O2. The molecule has 0 atom stereocenters. The lowest BCUT2D eigenvalue weighted by Gasteiger charge is -2.12. The van der Waals surface area contributed by atoms with Gasteiger partial charge in [0.2, 0.25) is 5.91 Å². The molecule has 0 aliphatic carbocycles. The first-order valence-electron chi connectivity index (χ1n) is 6.30. The first-order chi connectivity index (χ1) is 11.1. The van der Waals surface area contributed by atoms with E-state index in [9.17, 15) is 31.5 Å². The summed E-state index contributed by atoms with van der Waals surface area (Å²) in [6.45, 7) is -0.907. The number of alkyl halides is 3. The highest BCUT2D eigenvalue weighted by molar-refractivity contribution is 6.30. The fraction of sp³-hybridized carbons (Fsp3) is 0.143. The van der Waals surface area contributed by atoms with Gasteiger partial charge in [-0.05, 0) is 18.2 Å². The number of aromatic nitrogens is 1. The Morgan fingerprint density at radius 2 is 1.79 bits per heavy atom. The van der Waals surface area contributed by atoms with Gasteiger partial charge in [-0.1, -0.05) is 17.7 Å². The van der Waals surface area contributed by atoms with Gasteiger partial charge in [0, 0.05) is 6.20 Å². The smallest absolute Gasteiger partial charge is 0.320 e. The van der Waals surface area contributed by atoms with Crippen LogP contribution >= 0.6 is 11.6 Å². The monoisotopic (exact) mass is 366 g/mol. The van der Waals surface area contributed by atoms with Crippen LogP contribution in [0.15, 0.2) is 35.3 Å². The van der Waals surface area contributed by atoms with Crippen molar-refractivity contribution in [3.63, 3.8) is 0 Å². The molecule has 0 spiro atoms. The minimum atomic E-state index is -4.78. The number of pyridine rings is 1. The molecule has 0 unspecified atom stereocenters. The molecule has 1 amide bonds. The van der Waals surface area contributed by atoms with Gasteiger partial charge in [-0.3, -0.25) is 9.59 Å². The maximum Gasteiger partial charge on any atom is 0.417 e. The van der Waals surface area contributed by atoms with E-state index in [0.29, 0.717) is 16.8 Å². The third-order valence-electron chi connectivity index (χ3n) is 2.91. The highest BCUT2D eigenvalue weighted by Gasteiger charge is 2.32. The molecule has 0 fully saturated rings. The van der Waals surface area contributed by atoms with Crippen LogP contribution in [0.25, 0.3) is 0 Å². The van der Waals surface area contributed by atoms with E-state index in [4.69, 9.17) is 11.6 Å². The first kappa shape index (κ1) is 17.9. The van der Waals surface area contributed by atoms with E-state index in [1.165, 1.54) is 0 Å².